The summed E-state index contributed by atoms with van der Waals surface area (Å²) < 4.78 is 16.4. The van der Waals surface area contributed by atoms with Crippen LogP contribution in [0.25, 0.3) is 0 Å². The number of carbonyl (C=O) groups excluding carboxylic acids is 1. The summed E-state index contributed by atoms with van der Waals surface area (Å²) in [6, 6.07) is 9.20. The smallest absolute Gasteiger partial charge is 0.317 e. The molecule has 1 unspecified atom stereocenters. The summed E-state index contributed by atoms with van der Waals surface area (Å²) in [5, 5.41) is 10.9. The molecular weight excluding hydrogens is 336 g/mol. The Balaban J connectivity index is 1.27. The first-order valence-electron chi connectivity index (χ1n) is 8.56. The first-order valence-corrected chi connectivity index (χ1v) is 8.56. The molecule has 136 valence electrons. The highest BCUT2D eigenvalue weighted by Crippen LogP contribution is 2.32. The van der Waals surface area contributed by atoms with Gasteiger partial charge in [0, 0.05) is 25.6 Å². The molecule has 2 aromatic rings. The molecule has 0 radical (unpaired) electrons. The molecule has 1 saturated heterocycles. The van der Waals surface area contributed by atoms with Gasteiger partial charge in [-0.05, 0) is 30.7 Å². The van der Waals surface area contributed by atoms with Crippen molar-refractivity contribution in [2.75, 3.05) is 19.9 Å². The maximum absolute atomic E-state index is 12.4. The number of amides is 2. The Kier molecular flexibility index (Phi) is 4.47. The third kappa shape index (κ3) is 3.63. The molecule has 0 aliphatic carbocycles. The predicted octanol–water partition coefficient (Wildman–Crippen LogP) is 1.88. The number of benzene rings is 1. The molecule has 26 heavy (non-hydrogen) atoms. The number of hydrogen-bond acceptors (Lipinski definition) is 6. The van der Waals surface area contributed by atoms with Crippen molar-refractivity contribution in [3.05, 3.63) is 41.6 Å². The molecule has 1 atom stereocenters. The molecule has 1 fully saturated rings. The number of hydrogen-bond donors (Lipinski definition) is 1. The van der Waals surface area contributed by atoms with Crippen molar-refractivity contribution in [3.63, 3.8) is 0 Å². The number of nitrogens with zero attached hydrogens (tertiary/aromatic N) is 3. The standard InChI is InChI=1S/C18H20N4O4/c1-12-2-5-17(21-20-12)26-14-6-7-22(10-14)18(23)19-9-13-3-4-15-16(8-13)25-11-24-15/h2-5,8,14H,6-7,9-11H2,1H3,(H,19,23). The first-order chi connectivity index (χ1) is 12.7. The van der Waals surface area contributed by atoms with E-state index in [2.05, 4.69) is 15.5 Å². The molecule has 1 N–H and O–H groups in total. The highest BCUT2D eigenvalue weighted by Gasteiger charge is 2.28. The number of carbonyl (C=O) groups is 1. The number of ether oxygens (including phenoxy) is 3. The molecule has 1 aromatic heterocycles. The largest absolute Gasteiger partial charge is 0.471 e. The van der Waals surface area contributed by atoms with Crippen molar-refractivity contribution in [1.82, 2.24) is 20.4 Å². The Labute approximate surface area is 151 Å². The van der Waals surface area contributed by atoms with Gasteiger partial charge in [-0.25, -0.2) is 4.79 Å². The van der Waals surface area contributed by atoms with E-state index in [1.165, 1.54) is 0 Å². The van der Waals surface area contributed by atoms with Crippen LogP contribution in [0.4, 0.5) is 4.79 Å². The van der Waals surface area contributed by atoms with E-state index < -0.39 is 0 Å². The van der Waals surface area contributed by atoms with E-state index in [0.29, 0.717) is 31.3 Å². The number of rotatable bonds is 4. The quantitative estimate of drug-likeness (QED) is 0.900. The molecule has 4 rings (SSSR count). The Morgan fingerprint density at radius 3 is 3.00 bits per heavy atom. The van der Waals surface area contributed by atoms with Gasteiger partial charge in [-0.3, -0.25) is 0 Å². The maximum Gasteiger partial charge on any atom is 0.317 e. The molecule has 3 heterocycles. The fourth-order valence-corrected chi connectivity index (χ4v) is 2.97. The lowest BCUT2D eigenvalue weighted by Crippen LogP contribution is -2.39. The van der Waals surface area contributed by atoms with Crippen molar-refractivity contribution >= 4 is 6.03 Å². The summed E-state index contributed by atoms with van der Waals surface area (Å²) in [5.74, 6) is 1.94. The minimum absolute atomic E-state index is 0.0664. The number of likely N-dealkylation sites (tertiary alicyclic amines) is 1. The molecule has 8 heteroatoms. The van der Waals surface area contributed by atoms with Crippen LogP contribution in [0.3, 0.4) is 0 Å². The Morgan fingerprint density at radius 2 is 2.15 bits per heavy atom. The molecule has 1 aromatic carbocycles. The van der Waals surface area contributed by atoms with E-state index in [-0.39, 0.29) is 18.9 Å². The molecule has 0 bridgehead atoms. The second-order valence-electron chi connectivity index (χ2n) is 6.33. The lowest BCUT2D eigenvalue weighted by Gasteiger charge is -2.17. The Bertz CT molecular complexity index is 796. The zero-order chi connectivity index (χ0) is 17.9. The summed E-state index contributed by atoms with van der Waals surface area (Å²) in [7, 11) is 0. The van der Waals surface area contributed by atoms with Gasteiger partial charge in [0.15, 0.2) is 11.5 Å². The van der Waals surface area contributed by atoms with E-state index in [1.807, 2.05) is 31.2 Å². The molecule has 0 spiro atoms. The zero-order valence-electron chi connectivity index (χ0n) is 14.5. The maximum atomic E-state index is 12.4. The number of aryl methyl sites for hydroxylation is 1. The third-order valence-corrected chi connectivity index (χ3v) is 4.37. The van der Waals surface area contributed by atoms with Crippen molar-refractivity contribution in [3.8, 4) is 17.4 Å². The van der Waals surface area contributed by atoms with Gasteiger partial charge in [0.25, 0.3) is 0 Å². The highest BCUT2D eigenvalue weighted by molar-refractivity contribution is 5.74. The molecule has 0 saturated carbocycles. The van der Waals surface area contributed by atoms with Crippen molar-refractivity contribution in [2.45, 2.75) is 26.0 Å². The van der Waals surface area contributed by atoms with Crippen LogP contribution in [-0.4, -0.2) is 47.1 Å². The minimum atomic E-state index is -0.108. The van der Waals surface area contributed by atoms with Crippen LogP contribution < -0.4 is 19.5 Å². The van der Waals surface area contributed by atoms with E-state index in [1.54, 1.807) is 11.0 Å². The van der Waals surface area contributed by atoms with Crippen LogP contribution in [0.15, 0.2) is 30.3 Å². The molecule has 2 aliphatic rings. The third-order valence-electron chi connectivity index (χ3n) is 4.37. The normalized spacial score (nSPS) is 18.0. The average molecular weight is 356 g/mol. The Morgan fingerprint density at radius 1 is 1.27 bits per heavy atom. The molecule has 8 nitrogen and oxygen atoms in total. The van der Waals surface area contributed by atoms with Crippen molar-refractivity contribution in [2.24, 2.45) is 0 Å². The van der Waals surface area contributed by atoms with Crippen molar-refractivity contribution in [1.29, 1.82) is 0 Å². The topological polar surface area (TPSA) is 85.8 Å². The molecule has 2 aliphatic heterocycles. The van der Waals surface area contributed by atoms with E-state index in [4.69, 9.17) is 14.2 Å². The van der Waals surface area contributed by atoms with Gasteiger partial charge in [0.1, 0.15) is 6.10 Å². The second-order valence-corrected chi connectivity index (χ2v) is 6.33. The average Bonchev–Trinajstić information content (AvgIpc) is 3.30. The zero-order valence-corrected chi connectivity index (χ0v) is 14.5. The van der Waals surface area contributed by atoms with Gasteiger partial charge in [-0.15, -0.1) is 5.10 Å². The molecular formula is C18H20N4O4. The summed E-state index contributed by atoms with van der Waals surface area (Å²) in [6.07, 6.45) is 0.704. The van der Waals surface area contributed by atoms with Crippen LogP contribution >= 0.6 is 0 Å². The molecule has 2 amide bonds. The van der Waals surface area contributed by atoms with Crippen molar-refractivity contribution < 1.29 is 19.0 Å². The summed E-state index contributed by atoms with van der Waals surface area (Å²) >= 11 is 0. The van der Waals surface area contributed by atoms with Gasteiger partial charge in [0.05, 0.1) is 12.2 Å². The van der Waals surface area contributed by atoms with E-state index in [9.17, 15) is 4.79 Å². The monoisotopic (exact) mass is 356 g/mol. The van der Waals surface area contributed by atoms with Crippen LogP contribution in [0.5, 0.6) is 17.4 Å². The van der Waals surface area contributed by atoms with Crippen LogP contribution in [0.1, 0.15) is 17.7 Å². The number of aromatic nitrogens is 2. The van der Waals surface area contributed by atoms with Crippen LogP contribution in [0.2, 0.25) is 0 Å². The van der Waals surface area contributed by atoms with Gasteiger partial charge < -0.3 is 24.4 Å². The lowest BCUT2D eigenvalue weighted by atomic mass is 10.2. The van der Waals surface area contributed by atoms with Crippen LogP contribution in [-0.2, 0) is 6.54 Å². The van der Waals surface area contributed by atoms with Gasteiger partial charge in [0.2, 0.25) is 12.7 Å². The number of fused-ring (bicyclic) bond motifs is 1. The minimum Gasteiger partial charge on any atom is -0.471 e. The van der Waals surface area contributed by atoms with Gasteiger partial charge in [-0.1, -0.05) is 6.07 Å². The van der Waals surface area contributed by atoms with Gasteiger partial charge in [-0.2, -0.15) is 5.10 Å². The lowest BCUT2D eigenvalue weighted by molar-refractivity contribution is 0.174. The number of nitrogens with one attached hydrogen (secondary N) is 1. The fourth-order valence-electron chi connectivity index (χ4n) is 2.97. The predicted molar refractivity (Wildman–Crippen MR) is 92.2 cm³/mol. The second kappa shape index (κ2) is 7.07. The van der Waals surface area contributed by atoms with Crippen LogP contribution in [0, 0.1) is 6.92 Å². The fraction of sp³-hybridized carbons (Fsp3) is 0.389. The van der Waals surface area contributed by atoms with E-state index in [0.717, 1.165) is 23.4 Å². The SMILES string of the molecule is Cc1ccc(OC2CCN(C(=O)NCc3ccc4c(c3)OCO4)C2)nn1. The summed E-state index contributed by atoms with van der Waals surface area (Å²) in [5.41, 5.74) is 1.80. The number of urea groups is 1. The first kappa shape index (κ1) is 16.4. The summed E-state index contributed by atoms with van der Waals surface area (Å²) in [6.45, 7) is 3.73. The summed E-state index contributed by atoms with van der Waals surface area (Å²) in [4.78, 5) is 14.1. The van der Waals surface area contributed by atoms with Gasteiger partial charge >= 0.3 is 6.03 Å². The van der Waals surface area contributed by atoms with E-state index >= 15 is 0 Å². The highest BCUT2D eigenvalue weighted by atomic mass is 16.7. The Hall–Kier alpha value is -3.03.